The maximum Gasteiger partial charge on any atom is 0.257 e. The van der Waals surface area contributed by atoms with E-state index in [0.717, 1.165) is 12.8 Å². The Bertz CT molecular complexity index is 1120. The minimum Gasteiger partial charge on any atom is -0.497 e. The molecule has 1 aliphatic rings. The summed E-state index contributed by atoms with van der Waals surface area (Å²) >= 11 is 6.33. The zero-order chi connectivity index (χ0) is 24.0. The van der Waals surface area contributed by atoms with Crippen LogP contribution >= 0.6 is 11.6 Å². The van der Waals surface area contributed by atoms with Gasteiger partial charge < -0.3 is 20.7 Å². The SMILES string of the molecule is C=C/C=C\C1C=C(C)CCCN1C(=O)c1ccc(Cl)c(NC(=O)c2cc(OC)ccc2N)c1. The lowest BCUT2D eigenvalue weighted by Gasteiger charge is -2.27. The fourth-order valence-electron chi connectivity index (χ4n) is 3.70. The van der Waals surface area contributed by atoms with Crippen LogP contribution in [0.1, 0.15) is 40.5 Å². The minimum absolute atomic E-state index is 0.146. The van der Waals surface area contributed by atoms with Gasteiger partial charge in [0.25, 0.3) is 11.8 Å². The Morgan fingerprint density at radius 1 is 1.27 bits per heavy atom. The van der Waals surface area contributed by atoms with Gasteiger partial charge in [-0.3, -0.25) is 9.59 Å². The molecule has 0 bridgehead atoms. The number of nitrogens with two attached hydrogens (primary N) is 1. The Hall–Kier alpha value is -3.51. The van der Waals surface area contributed by atoms with Crippen LogP contribution in [-0.2, 0) is 0 Å². The highest BCUT2D eigenvalue weighted by molar-refractivity contribution is 6.34. The molecular formula is C26H28ClN3O3. The van der Waals surface area contributed by atoms with Gasteiger partial charge in [-0.1, -0.05) is 48.1 Å². The third kappa shape index (κ3) is 5.84. The number of carbonyl (C=O) groups is 2. The Morgan fingerprint density at radius 3 is 2.79 bits per heavy atom. The molecule has 0 spiro atoms. The molecule has 1 heterocycles. The molecular weight excluding hydrogens is 438 g/mol. The molecule has 2 amide bonds. The van der Waals surface area contributed by atoms with Gasteiger partial charge in [0, 0.05) is 17.8 Å². The summed E-state index contributed by atoms with van der Waals surface area (Å²) in [5.41, 5.74) is 8.52. The number of amides is 2. The van der Waals surface area contributed by atoms with Gasteiger partial charge in [0.05, 0.1) is 29.4 Å². The summed E-state index contributed by atoms with van der Waals surface area (Å²) in [6.07, 6.45) is 9.38. The Morgan fingerprint density at radius 2 is 2.06 bits per heavy atom. The summed E-state index contributed by atoms with van der Waals surface area (Å²) in [4.78, 5) is 28.1. The average molecular weight is 466 g/mol. The number of anilines is 2. The van der Waals surface area contributed by atoms with Gasteiger partial charge in [-0.2, -0.15) is 0 Å². The van der Waals surface area contributed by atoms with Crippen molar-refractivity contribution >= 4 is 34.8 Å². The van der Waals surface area contributed by atoms with Crippen molar-refractivity contribution in [3.05, 3.63) is 89.0 Å². The van der Waals surface area contributed by atoms with Gasteiger partial charge in [-0.25, -0.2) is 0 Å². The van der Waals surface area contributed by atoms with Crippen molar-refractivity contribution in [1.82, 2.24) is 4.90 Å². The maximum atomic E-state index is 13.4. The third-order valence-corrected chi connectivity index (χ3v) is 5.79. The van der Waals surface area contributed by atoms with Crippen LogP contribution in [-0.4, -0.2) is 36.4 Å². The van der Waals surface area contributed by atoms with Crippen LogP contribution in [0.5, 0.6) is 5.75 Å². The Balaban J connectivity index is 1.89. The first kappa shape index (κ1) is 24.1. The van der Waals surface area contributed by atoms with Gasteiger partial charge >= 0.3 is 0 Å². The first-order valence-electron chi connectivity index (χ1n) is 10.7. The van der Waals surface area contributed by atoms with E-state index in [4.69, 9.17) is 22.1 Å². The van der Waals surface area contributed by atoms with Gasteiger partial charge in [-0.15, -0.1) is 0 Å². The smallest absolute Gasteiger partial charge is 0.257 e. The number of nitrogens with zero attached hydrogens (tertiary/aromatic N) is 1. The molecule has 7 heteroatoms. The van der Waals surface area contributed by atoms with Crippen LogP contribution in [0.2, 0.25) is 5.02 Å². The summed E-state index contributed by atoms with van der Waals surface area (Å²) in [6, 6.07) is 9.50. The van der Waals surface area contributed by atoms with E-state index in [9.17, 15) is 9.59 Å². The molecule has 0 fully saturated rings. The van der Waals surface area contributed by atoms with Gasteiger partial charge in [0.1, 0.15) is 5.75 Å². The van der Waals surface area contributed by atoms with Gasteiger partial charge in [0.15, 0.2) is 0 Å². The van der Waals surface area contributed by atoms with E-state index in [1.54, 1.807) is 42.5 Å². The van der Waals surface area contributed by atoms with E-state index in [-0.39, 0.29) is 17.5 Å². The lowest BCUT2D eigenvalue weighted by molar-refractivity contribution is 0.0741. The van der Waals surface area contributed by atoms with Crippen molar-refractivity contribution in [2.45, 2.75) is 25.8 Å². The highest BCUT2D eigenvalue weighted by atomic mass is 35.5. The summed E-state index contributed by atoms with van der Waals surface area (Å²) < 4.78 is 5.18. The van der Waals surface area contributed by atoms with E-state index in [2.05, 4.69) is 24.9 Å². The molecule has 0 saturated heterocycles. The quantitative estimate of drug-likeness (QED) is 0.336. The molecule has 1 unspecified atom stereocenters. The highest BCUT2D eigenvalue weighted by Gasteiger charge is 2.24. The second-order valence-electron chi connectivity index (χ2n) is 7.83. The van der Waals surface area contributed by atoms with Crippen molar-refractivity contribution in [3.8, 4) is 5.75 Å². The molecule has 3 rings (SSSR count). The van der Waals surface area contributed by atoms with E-state index < -0.39 is 5.91 Å². The predicted octanol–water partition coefficient (Wildman–Crippen LogP) is 5.48. The highest BCUT2D eigenvalue weighted by Crippen LogP contribution is 2.28. The first-order valence-corrected chi connectivity index (χ1v) is 11.0. The molecule has 1 aliphatic heterocycles. The van der Waals surface area contributed by atoms with Crippen LogP contribution in [0, 0.1) is 0 Å². The van der Waals surface area contributed by atoms with Gasteiger partial charge in [0.2, 0.25) is 0 Å². The lowest BCUT2D eigenvalue weighted by Crippen LogP contribution is -2.38. The number of nitrogen functional groups attached to an aromatic ring is 1. The fourth-order valence-corrected chi connectivity index (χ4v) is 3.86. The van der Waals surface area contributed by atoms with Crippen LogP contribution in [0.15, 0.2) is 72.9 Å². The number of nitrogens with one attached hydrogen (secondary N) is 1. The molecule has 0 aliphatic carbocycles. The normalized spacial score (nSPS) is 16.2. The van der Waals surface area contributed by atoms with Crippen LogP contribution in [0.4, 0.5) is 11.4 Å². The van der Waals surface area contributed by atoms with Crippen molar-refractivity contribution < 1.29 is 14.3 Å². The molecule has 0 radical (unpaired) electrons. The molecule has 2 aromatic rings. The zero-order valence-corrected chi connectivity index (χ0v) is 19.6. The number of benzene rings is 2. The molecule has 0 aromatic heterocycles. The predicted molar refractivity (Wildman–Crippen MR) is 134 cm³/mol. The van der Waals surface area contributed by atoms with Crippen molar-refractivity contribution in [2.24, 2.45) is 0 Å². The maximum absolute atomic E-state index is 13.4. The Kier molecular flexibility index (Phi) is 7.96. The minimum atomic E-state index is -0.446. The Labute approximate surface area is 199 Å². The summed E-state index contributed by atoms with van der Waals surface area (Å²) in [7, 11) is 1.51. The number of ether oxygens (including phenoxy) is 1. The standard InChI is InChI=1S/C26H28ClN3O3/c1-4-5-8-19-14-17(2)7-6-13-30(19)26(32)18-9-11-22(27)24(15-18)29-25(31)21-16-20(33-3)10-12-23(21)28/h4-5,8-12,14-16,19H,1,6-7,13,28H2,2-3H3,(H,29,31)/b8-5-. The third-order valence-electron chi connectivity index (χ3n) is 5.46. The second kappa shape index (κ2) is 10.9. The summed E-state index contributed by atoms with van der Waals surface area (Å²) in [5, 5.41) is 3.08. The van der Waals surface area contributed by atoms with Crippen LogP contribution in [0.3, 0.4) is 0 Å². The fraction of sp³-hybridized carbons (Fsp3) is 0.231. The van der Waals surface area contributed by atoms with E-state index in [1.807, 2.05) is 17.1 Å². The largest absolute Gasteiger partial charge is 0.497 e. The van der Waals surface area contributed by atoms with Gasteiger partial charge in [-0.05, 0) is 56.2 Å². The lowest BCUT2D eigenvalue weighted by atomic mass is 10.1. The molecule has 3 N–H and O–H groups in total. The number of allylic oxidation sites excluding steroid dienone is 3. The van der Waals surface area contributed by atoms with E-state index in [1.165, 1.54) is 12.7 Å². The number of halogens is 1. The number of rotatable bonds is 6. The van der Waals surface area contributed by atoms with Crippen LogP contribution < -0.4 is 15.8 Å². The van der Waals surface area contributed by atoms with Crippen molar-refractivity contribution in [3.63, 3.8) is 0 Å². The first-order chi connectivity index (χ1) is 15.8. The molecule has 172 valence electrons. The van der Waals surface area contributed by atoms with E-state index in [0.29, 0.717) is 34.3 Å². The molecule has 6 nitrogen and oxygen atoms in total. The topological polar surface area (TPSA) is 84.7 Å². The zero-order valence-electron chi connectivity index (χ0n) is 18.8. The monoisotopic (exact) mass is 465 g/mol. The molecule has 2 aromatic carbocycles. The summed E-state index contributed by atoms with van der Waals surface area (Å²) in [6.45, 7) is 6.41. The average Bonchev–Trinajstić information content (AvgIpc) is 2.99. The molecule has 1 atom stereocenters. The number of hydrogen-bond donors (Lipinski definition) is 2. The number of methoxy groups -OCH3 is 1. The second-order valence-corrected chi connectivity index (χ2v) is 8.24. The summed E-state index contributed by atoms with van der Waals surface area (Å²) in [5.74, 6) is -0.0850. The number of hydrogen-bond acceptors (Lipinski definition) is 4. The van der Waals surface area contributed by atoms with Crippen molar-refractivity contribution in [1.29, 1.82) is 0 Å². The van der Waals surface area contributed by atoms with Crippen LogP contribution in [0.25, 0.3) is 0 Å². The molecule has 0 saturated carbocycles. The van der Waals surface area contributed by atoms with Crippen molar-refractivity contribution in [2.75, 3.05) is 24.7 Å². The number of carbonyl (C=O) groups excluding carboxylic acids is 2. The van der Waals surface area contributed by atoms with E-state index >= 15 is 0 Å². The molecule has 33 heavy (non-hydrogen) atoms.